The van der Waals surface area contributed by atoms with Crippen molar-refractivity contribution in [3.8, 4) is 0 Å². The van der Waals surface area contributed by atoms with E-state index in [-0.39, 0.29) is 0 Å². The molecule has 1 rings (SSSR count). The molecule has 1 atom stereocenters. The second-order valence-corrected chi connectivity index (χ2v) is 4.47. The second kappa shape index (κ2) is 3.57. The van der Waals surface area contributed by atoms with Crippen LogP contribution in [0, 0.1) is 11.3 Å². The molecule has 1 N–H and O–H groups in total. The molecule has 1 unspecified atom stereocenters. The molecular formula is C10H21N. The molecule has 0 aliphatic carbocycles. The fraction of sp³-hybridized carbons (Fsp3) is 1.00. The van der Waals surface area contributed by atoms with E-state index >= 15 is 0 Å². The maximum atomic E-state index is 3.34. The Bertz CT molecular complexity index is 116. The van der Waals surface area contributed by atoms with E-state index in [0.717, 1.165) is 5.92 Å². The largest absolute Gasteiger partial charge is 0.316 e. The van der Waals surface area contributed by atoms with Crippen LogP contribution in [-0.4, -0.2) is 13.1 Å². The van der Waals surface area contributed by atoms with Gasteiger partial charge in [-0.3, -0.25) is 0 Å². The molecule has 1 nitrogen and oxygen atoms in total. The quantitative estimate of drug-likeness (QED) is 0.657. The summed E-state index contributed by atoms with van der Waals surface area (Å²) in [6.45, 7) is 9.51. The Balaban J connectivity index is 2.11. The highest BCUT2D eigenvalue weighted by Gasteiger charge is 2.30. The van der Waals surface area contributed by atoms with Gasteiger partial charge >= 0.3 is 0 Å². The van der Waals surface area contributed by atoms with Gasteiger partial charge < -0.3 is 5.32 Å². The van der Waals surface area contributed by atoms with E-state index < -0.39 is 0 Å². The fourth-order valence-corrected chi connectivity index (χ4v) is 1.53. The van der Waals surface area contributed by atoms with Crippen molar-refractivity contribution >= 4 is 0 Å². The second-order valence-electron chi connectivity index (χ2n) is 4.47. The first-order chi connectivity index (χ1) is 5.16. The Morgan fingerprint density at radius 3 is 2.45 bits per heavy atom. The third kappa shape index (κ3) is 2.48. The summed E-state index contributed by atoms with van der Waals surface area (Å²) in [5, 5.41) is 3.34. The summed E-state index contributed by atoms with van der Waals surface area (Å²) in [7, 11) is 0. The molecule has 66 valence electrons. The lowest BCUT2D eigenvalue weighted by molar-refractivity contribution is 0.165. The first kappa shape index (κ1) is 9.05. The maximum absolute atomic E-state index is 3.34. The zero-order valence-electron chi connectivity index (χ0n) is 8.11. The van der Waals surface area contributed by atoms with Gasteiger partial charge in [0, 0.05) is 13.1 Å². The third-order valence-corrected chi connectivity index (χ3v) is 3.04. The van der Waals surface area contributed by atoms with E-state index in [2.05, 4.69) is 26.1 Å². The maximum Gasteiger partial charge on any atom is 0.00176 e. The van der Waals surface area contributed by atoms with E-state index in [1.54, 1.807) is 0 Å². The predicted molar refractivity (Wildman–Crippen MR) is 49.7 cm³/mol. The van der Waals surface area contributed by atoms with Gasteiger partial charge in [-0.25, -0.2) is 0 Å². The summed E-state index contributed by atoms with van der Waals surface area (Å²) in [4.78, 5) is 0. The van der Waals surface area contributed by atoms with Crippen LogP contribution in [0.2, 0.25) is 0 Å². The Morgan fingerprint density at radius 1 is 1.45 bits per heavy atom. The van der Waals surface area contributed by atoms with Crippen molar-refractivity contribution in [2.75, 3.05) is 13.1 Å². The highest BCUT2D eigenvalue weighted by Crippen LogP contribution is 2.29. The van der Waals surface area contributed by atoms with E-state index in [9.17, 15) is 0 Å². The van der Waals surface area contributed by atoms with Gasteiger partial charge in [0.05, 0.1) is 0 Å². The van der Waals surface area contributed by atoms with Crippen LogP contribution in [0.25, 0.3) is 0 Å². The molecule has 0 saturated carbocycles. The first-order valence-electron chi connectivity index (χ1n) is 4.87. The molecule has 0 aromatic heterocycles. The van der Waals surface area contributed by atoms with E-state index in [1.165, 1.54) is 32.4 Å². The van der Waals surface area contributed by atoms with Crippen LogP contribution in [0.15, 0.2) is 0 Å². The minimum Gasteiger partial charge on any atom is -0.316 e. The molecule has 1 heterocycles. The first-order valence-corrected chi connectivity index (χ1v) is 4.87. The molecule has 0 amide bonds. The van der Waals surface area contributed by atoms with Crippen LogP contribution in [0.1, 0.15) is 40.0 Å². The number of hydrogen-bond acceptors (Lipinski definition) is 1. The number of hydrogen-bond donors (Lipinski definition) is 1. The Labute approximate surface area is 70.6 Å². The average molecular weight is 155 g/mol. The molecule has 0 aromatic rings. The van der Waals surface area contributed by atoms with Gasteiger partial charge in [-0.15, -0.1) is 0 Å². The van der Waals surface area contributed by atoms with Gasteiger partial charge in [-0.2, -0.15) is 0 Å². The minimum absolute atomic E-state index is 0.642. The summed E-state index contributed by atoms with van der Waals surface area (Å²) < 4.78 is 0. The number of nitrogens with one attached hydrogen (secondary N) is 1. The lowest BCUT2D eigenvalue weighted by atomic mass is 9.78. The van der Waals surface area contributed by atoms with Crippen molar-refractivity contribution in [3.05, 3.63) is 0 Å². The minimum atomic E-state index is 0.642. The van der Waals surface area contributed by atoms with Gasteiger partial charge in [-0.05, 0) is 17.8 Å². The molecule has 0 aromatic carbocycles. The summed E-state index contributed by atoms with van der Waals surface area (Å²) >= 11 is 0. The summed E-state index contributed by atoms with van der Waals surface area (Å²) in [6, 6.07) is 0. The molecule has 0 spiro atoms. The standard InChI is InChI=1S/C10H21N/c1-4-9(2)5-6-10(3)7-11-8-10/h9,11H,4-8H2,1-3H3. The van der Waals surface area contributed by atoms with Crippen LogP contribution in [0.4, 0.5) is 0 Å². The molecule has 1 heteroatoms. The van der Waals surface area contributed by atoms with Crippen LogP contribution >= 0.6 is 0 Å². The average Bonchev–Trinajstić information content (AvgIpc) is 1.96. The highest BCUT2D eigenvalue weighted by atomic mass is 15.0. The lowest BCUT2D eigenvalue weighted by Crippen LogP contribution is -2.51. The van der Waals surface area contributed by atoms with Crippen molar-refractivity contribution in [1.29, 1.82) is 0 Å². The fourth-order valence-electron chi connectivity index (χ4n) is 1.53. The normalized spacial score (nSPS) is 24.3. The number of rotatable bonds is 4. The molecule has 0 radical (unpaired) electrons. The summed E-state index contributed by atoms with van der Waals surface area (Å²) in [6.07, 6.45) is 4.16. The Morgan fingerprint density at radius 2 is 2.09 bits per heavy atom. The van der Waals surface area contributed by atoms with E-state index in [4.69, 9.17) is 0 Å². The molecular weight excluding hydrogens is 134 g/mol. The Kier molecular flexibility index (Phi) is 2.94. The van der Waals surface area contributed by atoms with Crippen molar-refractivity contribution in [2.24, 2.45) is 11.3 Å². The van der Waals surface area contributed by atoms with Gasteiger partial charge in [0.25, 0.3) is 0 Å². The van der Waals surface area contributed by atoms with Crippen molar-refractivity contribution in [2.45, 2.75) is 40.0 Å². The van der Waals surface area contributed by atoms with E-state index in [1.807, 2.05) is 0 Å². The lowest BCUT2D eigenvalue weighted by Gasteiger charge is -2.40. The zero-order chi connectivity index (χ0) is 8.32. The van der Waals surface area contributed by atoms with Crippen LogP contribution in [-0.2, 0) is 0 Å². The zero-order valence-corrected chi connectivity index (χ0v) is 8.11. The molecule has 0 bridgehead atoms. The molecule has 1 saturated heterocycles. The van der Waals surface area contributed by atoms with Gasteiger partial charge in [0.2, 0.25) is 0 Å². The molecule has 1 aliphatic heterocycles. The van der Waals surface area contributed by atoms with Crippen molar-refractivity contribution in [1.82, 2.24) is 5.32 Å². The van der Waals surface area contributed by atoms with Gasteiger partial charge in [0.15, 0.2) is 0 Å². The van der Waals surface area contributed by atoms with Crippen LogP contribution in [0.5, 0.6) is 0 Å². The van der Waals surface area contributed by atoms with Crippen LogP contribution < -0.4 is 5.32 Å². The van der Waals surface area contributed by atoms with E-state index in [0.29, 0.717) is 5.41 Å². The summed E-state index contributed by atoms with van der Waals surface area (Å²) in [5.41, 5.74) is 0.642. The molecule has 1 aliphatic rings. The smallest absolute Gasteiger partial charge is 0.00176 e. The third-order valence-electron chi connectivity index (χ3n) is 3.04. The summed E-state index contributed by atoms with van der Waals surface area (Å²) in [5.74, 6) is 0.924. The highest BCUT2D eigenvalue weighted by molar-refractivity contribution is 4.87. The topological polar surface area (TPSA) is 12.0 Å². The Hall–Kier alpha value is -0.0400. The SMILES string of the molecule is CCC(C)CCC1(C)CNC1. The van der Waals surface area contributed by atoms with Gasteiger partial charge in [-0.1, -0.05) is 33.6 Å². The molecule has 1 fully saturated rings. The predicted octanol–water partition coefficient (Wildman–Crippen LogP) is 2.42. The molecule has 11 heavy (non-hydrogen) atoms. The van der Waals surface area contributed by atoms with Crippen molar-refractivity contribution in [3.63, 3.8) is 0 Å². The van der Waals surface area contributed by atoms with Crippen molar-refractivity contribution < 1.29 is 0 Å². The monoisotopic (exact) mass is 155 g/mol. The van der Waals surface area contributed by atoms with Gasteiger partial charge in [0.1, 0.15) is 0 Å². The van der Waals surface area contributed by atoms with Crippen LogP contribution in [0.3, 0.4) is 0 Å².